The number of hydrogen-bond donors (Lipinski definition) is 1. The van der Waals surface area contributed by atoms with Crippen LogP contribution < -0.4 is 10.6 Å². The summed E-state index contributed by atoms with van der Waals surface area (Å²) in [5, 5.41) is 11.1. The van der Waals surface area contributed by atoms with Gasteiger partial charge in [-0.2, -0.15) is 0 Å². The smallest absolute Gasteiger partial charge is 0.307 e. The monoisotopic (exact) mass is 278 g/mol. The molecule has 1 atom stereocenters. The number of fused-ring (bicyclic) bond motifs is 3. The molecule has 3 heterocycles. The van der Waals surface area contributed by atoms with Crippen molar-refractivity contribution in [3.8, 4) is 0 Å². The van der Waals surface area contributed by atoms with Crippen molar-refractivity contribution in [3.63, 3.8) is 0 Å². The van der Waals surface area contributed by atoms with Crippen LogP contribution in [0.15, 0.2) is 65.0 Å². The summed E-state index contributed by atoms with van der Waals surface area (Å²) in [5.74, 6) is -0.804. The number of nitrogens with zero attached hydrogens (tertiary/aromatic N) is 2. The second-order valence-electron chi connectivity index (χ2n) is 5.49. The van der Waals surface area contributed by atoms with Crippen LogP contribution in [0.5, 0.6) is 0 Å². The molecule has 1 spiro atoms. The molecule has 1 aromatic carbocycles. The van der Waals surface area contributed by atoms with E-state index in [4.69, 9.17) is 10.1 Å². The van der Waals surface area contributed by atoms with Gasteiger partial charge < -0.3 is 10.0 Å². The Morgan fingerprint density at radius 1 is 1.38 bits per heavy atom. The Bertz CT molecular complexity index is 811. The lowest BCUT2D eigenvalue weighted by molar-refractivity contribution is -0.136. The van der Waals surface area contributed by atoms with Crippen molar-refractivity contribution in [2.75, 3.05) is 6.54 Å². The number of aliphatic carboxylic acids is 1. The van der Waals surface area contributed by atoms with E-state index in [2.05, 4.69) is 23.1 Å². The largest absolute Gasteiger partial charge is 0.481 e. The van der Waals surface area contributed by atoms with Crippen molar-refractivity contribution < 1.29 is 9.90 Å². The summed E-state index contributed by atoms with van der Waals surface area (Å²) >= 11 is 0. The van der Waals surface area contributed by atoms with Crippen LogP contribution in [0.3, 0.4) is 0 Å². The van der Waals surface area contributed by atoms with Gasteiger partial charge in [0, 0.05) is 12.7 Å². The fourth-order valence-corrected chi connectivity index (χ4v) is 3.10. The molecule has 0 saturated carbocycles. The summed E-state index contributed by atoms with van der Waals surface area (Å²) < 4.78 is 0. The highest BCUT2D eigenvalue weighted by Gasteiger charge is 2.39. The fraction of sp³-hybridized carbons (Fsp3) is 0.176. The first-order valence-electron chi connectivity index (χ1n) is 6.93. The molecule has 104 valence electrons. The summed E-state index contributed by atoms with van der Waals surface area (Å²) in [5.41, 5.74) is 1.41. The van der Waals surface area contributed by atoms with Crippen molar-refractivity contribution in [1.29, 1.82) is 0 Å². The van der Waals surface area contributed by atoms with Gasteiger partial charge in [0.15, 0.2) is 0 Å². The van der Waals surface area contributed by atoms with Crippen LogP contribution in [0.2, 0.25) is 0 Å². The first-order valence-corrected chi connectivity index (χ1v) is 6.93. The third kappa shape index (κ3) is 1.83. The summed E-state index contributed by atoms with van der Waals surface area (Å²) in [6.45, 7) is 0.701. The van der Waals surface area contributed by atoms with Gasteiger partial charge in [-0.05, 0) is 35.1 Å². The second kappa shape index (κ2) is 4.19. The zero-order chi connectivity index (χ0) is 14.4. The lowest BCUT2D eigenvalue weighted by Gasteiger charge is -2.28. The van der Waals surface area contributed by atoms with E-state index in [-0.39, 0.29) is 6.42 Å². The molecule has 4 rings (SSSR count). The predicted molar refractivity (Wildman–Crippen MR) is 78.7 cm³/mol. The van der Waals surface area contributed by atoms with Crippen LogP contribution in [0.1, 0.15) is 6.42 Å². The van der Waals surface area contributed by atoms with Gasteiger partial charge in [-0.3, -0.25) is 9.79 Å². The SMILES string of the molecule is O=C(O)CC1=CCN2C=CC3(C=c4ccccc4=N3)C2=C1. The number of rotatable bonds is 2. The number of carboxylic acid groups (broad SMARTS) is 1. The Hall–Kier alpha value is -2.62. The molecule has 1 unspecified atom stereocenters. The first-order chi connectivity index (χ1) is 10.2. The zero-order valence-corrected chi connectivity index (χ0v) is 11.4. The highest BCUT2D eigenvalue weighted by molar-refractivity contribution is 5.72. The highest BCUT2D eigenvalue weighted by Crippen LogP contribution is 2.38. The van der Waals surface area contributed by atoms with E-state index < -0.39 is 11.5 Å². The molecule has 1 aromatic rings. The molecule has 21 heavy (non-hydrogen) atoms. The molecular formula is C17H14N2O2. The normalized spacial score (nSPS) is 24.9. The summed E-state index contributed by atoms with van der Waals surface area (Å²) in [6.07, 6.45) is 10.2. The molecule has 1 N–H and O–H groups in total. The topological polar surface area (TPSA) is 52.9 Å². The van der Waals surface area contributed by atoms with Crippen molar-refractivity contribution in [2.45, 2.75) is 12.0 Å². The van der Waals surface area contributed by atoms with E-state index >= 15 is 0 Å². The van der Waals surface area contributed by atoms with Gasteiger partial charge in [0.25, 0.3) is 0 Å². The number of carboxylic acids is 1. The Kier molecular flexibility index (Phi) is 2.42. The molecule has 0 amide bonds. The molecule has 3 aliphatic rings. The molecule has 4 nitrogen and oxygen atoms in total. The van der Waals surface area contributed by atoms with Crippen molar-refractivity contribution >= 4 is 12.0 Å². The minimum Gasteiger partial charge on any atom is -0.481 e. The van der Waals surface area contributed by atoms with E-state index in [1.165, 1.54) is 0 Å². The van der Waals surface area contributed by atoms with E-state index in [0.29, 0.717) is 6.54 Å². The number of para-hydroxylation sites is 1. The van der Waals surface area contributed by atoms with Crippen molar-refractivity contribution in [2.24, 2.45) is 4.99 Å². The maximum absolute atomic E-state index is 10.9. The molecule has 0 aromatic heterocycles. The minimum absolute atomic E-state index is 0.0559. The predicted octanol–water partition coefficient (Wildman–Crippen LogP) is 0.967. The molecule has 4 heteroatoms. The van der Waals surface area contributed by atoms with E-state index in [0.717, 1.165) is 21.8 Å². The van der Waals surface area contributed by atoms with Gasteiger partial charge in [-0.1, -0.05) is 24.3 Å². The number of hydrogen-bond acceptors (Lipinski definition) is 3. The maximum Gasteiger partial charge on any atom is 0.307 e. The number of benzene rings is 1. The quantitative estimate of drug-likeness (QED) is 0.877. The van der Waals surface area contributed by atoms with Crippen LogP contribution in [-0.4, -0.2) is 28.1 Å². The Balaban J connectivity index is 1.81. The maximum atomic E-state index is 10.9. The third-order valence-corrected chi connectivity index (χ3v) is 4.07. The molecule has 0 saturated heterocycles. The van der Waals surface area contributed by atoms with Crippen LogP contribution in [0, 0.1) is 0 Å². The first kappa shape index (κ1) is 12.1. The van der Waals surface area contributed by atoms with Gasteiger partial charge in [-0.25, -0.2) is 0 Å². The summed E-state index contributed by atoms with van der Waals surface area (Å²) in [6, 6.07) is 8.05. The summed E-state index contributed by atoms with van der Waals surface area (Å²) in [7, 11) is 0. The molecule has 0 fully saturated rings. The standard InChI is InChI=1S/C17H14N2O2/c20-16(21)10-12-5-7-19-8-6-17(15(19)9-12)11-13-3-1-2-4-14(13)18-17/h1-6,8-9,11H,7,10H2,(H,20,21). The lowest BCUT2D eigenvalue weighted by atomic mass is 9.94. The third-order valence-electron chi connectivity index (χ3n) is 4.07. The Labute approximate surface area is 121 Å². The lowest BCUT2D eigenvalue weighted by Crippen LogP contribution is -2.29. The van der Waals surface area contributed by atoms with Crippen molar-refractivity contribution in [1.82, 2.24) is 4.90 Å². The molecule has 3 aliphatic heterocycles. The van der Waals surface area contributed by atoms with E-state index in [1.54, 1.807) is 0 Å². The molecule has 0 radical (unpaired) electrons. The summed E-state index contributed by atoms with van der Waals surface area (Å²) in [4.78, 5) is 17.9. The average molecular weight is 278 g/mol. The van der Waals surface area contributed by atoms with Gasteiger partial charge in [-0.15, -0.1) is 0 Å². The number of carbonyl (C=O) groups is 1. The molecule has 0 aliphatic carbocycles. The van der Waals surface area contributed by atoms with Gasteiger partial charge in [0.05, 0.1) is 17.5 Å². The number of allylic oxidation sites excluding steroid dienone is 1. The Morgan fingerprint density at radius 2 is 2.24 bits per heavy atom. The van der Waals surface area contributed by atoms with Crippen LogP contribution >= 0.6 is 0 Å². The van der Waals surface area contributed by atoms with Crippen LogP contribution in [-0.2, 0) is 4.79 Å². The van der Waals surface area contributed by atoms with Gasteiger partial charge in [0.1, 0.15) is 5.54 Å². The van der Waals surface area contributed by atoms with Crippen LogP contribution in [0.4, 0.5) is 0 Å². The van der Waals surface area contributed by atoms with Gasteiger partial charge >= 0.3 is 5.97 Å². The minimum atomic E-state index is -0.804. The fourth-order valence-electron chi connectivity index (χ4n) is 3.10. The Morgan fingerprint density at radius 3 is 3.05 bits per heavy atom. The van der Waals surface area contributed by atoms with E-state index in [9.17, 15) is 4.79 Å². The van der Waals surface area contributed by atoms with Gasteiger partial charge in [0.2, 0.25) is 0 Å². The van der Waals surface area contributed by atoms with Crippen molar-refractivity contribution in [3.05, 3.63) is 70.5 Å². The second-order valence-corrected chi connectivity index (χ2v) is 5.49. The molecule has 0 bridgehead atoms. The molecular weight excluding hydrogens is 264 g/mol. The van der Waals surface area contributed by atoms with E-state index in [1.807, 2.05) is 36.6 Å². The highest BCUT2D eigenvalue weighted by atomic mass is 16.4. The van der Waals surface area contributed by atoms with Crippen LogP contribution in [0.25, 0.3) is 6.08 Å². The zero-order valence-electron chi connectivity index (χ0n) is 11.4. The average Bonchev–Trinajstić information content (AvgIpc) is 3.00.